The molecule has 236 valence electrons. The minimum Gasteiger partial charge on any atom is -0.444 e. The third kappa shape index (κ3) is 6.40. The van der Waals surface area contributed by atoms with E-state index < -0.39 is 59.0 Å². The van der Waals surface area contributed by atoms with Gasteiger partial charge < -0.3 is 20.3 Å². The predicted molar refractivity (Wildman–Crippen MR) is 157 cm³/mol. The number of alkyl carbamates (subject to hydrolysis) is 1. The first-order valence-corrected chi connectivity index (χ1v) is 15.2. The number of allylic oxidation sites excluding steroid dienone is 1. The zero-order chi connectivity index (χ0) is 31.8. The molecule has 5 atom stereocenters. The van der Waals surface area contributed by atoms with E-state index in [-0.39, 0.29) is 35.8 Å². The number of hydrogen-bond acceptors (Lipinski definition) is 8. The Bertz CT molecular complexity index is 1370. The molecule has 0 unspecified atom stereocenters. The van der Waals surface area contributed by atoms with Crippen LogP contribution in [0.5, 0.6) is 0 Å². The molecular formula is C32H40N4O8. The average molecular weight is 609 g/mol. The van der Waals surface area contributed by atoms with Crippen LogP contribution >= 0.6 is 0 Å². The van der Waals surface area contributed by atoms with E-state index in [0.29, 0.717) is 24.3 Å². The Morgan fingerprint density at radius 3 is 2.34 bits per heavy atom. The monoisotopic (exact) mass is 608 g/mol. The SMILES string of the molecule is CC(=O)[C@@]12C[C@H]1/C=C\CCCCC[C@H](NC(=O)OC(C)(C)C)C(=O)N1C[C@H](ON3C(=O)c4ccccc4C3=O)C[C@H]1C(=O)N2. The highest BCUT2D eigenvalue weighted by atomic mass is 16.7. The van der Waals surface area contributed by atoms with Crippen LogP contribution < -0.4 is 10.6 Å². The smallest absolute Gasteiger partial charge is 0.408 e. The van der Waals surface area contributed by atoms with Gasteiger partial charge in [0, 0.05) is 12.3 Å². The summed E-state index contributed by atoms with van der Waals surface area (Å²) in [5.41, 5.74) is -1.44. The van der Waals surface area contributed by atoms with Gasteiger partial charge >= 0.3 is 6.09 Å². The lowest BCUT2D eigenvalue weighted by Crippen LogP contribution is -2.56. The van der Waals surface area contributed by atoms with Gasteiger partial charge in [-0.3, -0.25) is 28.8 Å². The quantitative estimate of drug-likeness (QED) is 0.391. The number of fused-ring (bicyclic) bond motifs is 3. The van der Waals surface area contributed by atoms with Crippen molar-refractivity contribution in [3.8, 4) is 0 Å². The molecule has 1 saturated carbocycles. The van der Waals surface area contributed by atoms with Crippen molar-refractivity contribution >= 4 is 35.5 Å². The molecule has 44 heavy (non-hydrogen) atoms. The van der Waals surface area contributed by atoms with Gasteiger partial charge in [-0.15, -0.1) is 5.06 Å². The number of nitrogens with one attached hydrogen (secondary N) is 2. The molecule has 1 saturated heterocycles. The van der Waals surface area contributed by atoms with Crippen molar-refractivity contribution in [2.45, 2.75) is 102 Å². The lowest BCUT2D eigenvalue weighted by Gasteiger charge is -2.30. The fourth-order valence-corrected chi connectivity index (χ4v) is 6.19. The van der Waals surface area contributed by atoms with Crippen LogP contribution in [0.25, 0.3) is 0 Å². The van der Waals surface area contributed by atoms with E-state index in [1.54, 1.807) is 32.9 Å². The first-order chi connectivity index (χ1) is 20.8. The Balaban J connectivity index is 1.41. The van der Waals surface area contributed by atoms with Crippen LogP contribution in [0.15, 0.2) is 36.4 Å². The molecule has 0 aromatic heterocycles. The van der Waals surface area contributed by atoms with Gasteiger partial charge in [0.1, 0.15) is 29.3 Å². The van der Waals surface area contributed by atoms with Crippen LogP contribution in [0, 0.1) is 5.92 Å². The summed E-state index contributed by atoms with van der Waals surface area (Å²) in [6.07, 6.45) is 6.20. The number of nitrogens with zero attached hydrogens (tertiary/aromatic N) is 2. The van der Waals surface area contributed by atoms with Crippen LogP contribution in [0.2, 0.25) is 0 Å². The number of ether oxygens (including phenoxy) is 1. The van der Waals surface area contributed by atoms with Crippen LogP contribution in [-0.2, 0) is 24.0 Å². The lowest BCUT2D eigenvalue weighted by atomic mass is 10.0. The number of Topliss-reactive ketones (excluding diaryl/α,β-unsaturated/α-hetero) is 1. The molecule has 3 heterocycles. The minimum absolute atomic E-state index is 0.0291. The van der Waals surface area contributed by atoms with Crippen molar-refractivity contribution in [2.24, 2.45) is 5.92 Å². The van der Waals surface area contributed by atoms with Crippen molar-refractivity contribution in [3.05, 3.63) is 47.5 Å². The second kappa shape index (κ2) is 12.1. The van der Waals surface area contributed by atoms with Crippen molar-refractivity contribution in [2.75, 3.05) is 6.54 Å². The summed E-state index contributed by atoms with van der Waals surface area (Å²) in [5.74, 6) is -2.63. The molecule has 1 aromatic rings. The molecule has 5 amide bonds. The Hall–Kier alpha value is -4.06. The molecule has 2 N–H and O–H groups in total. The molecule has 1 aliphatic carbocycles. The van der Waals surface area contributed by atoms with Crippen molar-refractivity contribution in [3.63, 3.8) is 0 Å². The first kappa shape index (κ1) is 31.4. The molecule has 2 fully saturated rings. The van der Waals surface area contributed by atoms with Crippen LogP contribution in [0.1, 0.15) is 93.4 Å². The number of ketones is 1. The van der Waals surface area contributed by atoms with Crippen molar-refractivity contribution < 1.29 is 38.3 Å². The van der Waals surface area contributed by atoms with Crippen LogP contribution in [-0.4, -0.2) is 81.3 Å². The molecule has 0 spiro atoms. The number of benzene rings is 1. The summed E-state index contributed by atoms with van der Waals surface area (Å²) in [6, 6.07) is 4.29. The number of amides is 5. The highest BCUT2D eigenvalue weighted by molar-refractivity contribution is 6.20. The van der Waals surface area contributed by atoms with Crippen LogP contribution in [0.4, 0.5) is 4.79 Å². The molecule has 5 rings (SSSR count). The molecule has 0 radical (unpaired) electrons. The molecule has 3 aliphatic heterocycles. The third-order valence-electron chi connectivity index (χ3n) is 8.57. The summed E-state index contributed by atoms with van der Waals surface area (Å²) in [6.45, 7) is 6.48. The second-order valence-corrected chi connectivity index (χ2v) is 13.0. The van der Waals surface area contributed by atoms with Crippen molar-refractivity contribution in [1.29, 1.82) is 0 Å². The fraction of sp³-hybridized carbons (Fsp3) is 0.562. The lowest BCUT2D eigenvalue weighted by molar-refractivity contribution is -0.142. The zero-order valence-corrected chi connectivity index (χ0v) is 25.6. The number of hydroxylamine groups is 2. The predicted octanol–water partition coefficient (Wildman–Crippen LogP) is 3.06. The van der Waals surface area contributed by atoms with Gasteiger partial charge in [-0.1, -0.05) is 37.1 Å². The normalized spacial score (nSPS) is 29.9. The molecule has 1 aromatic carbocycles. The molecule has 12 heteroatoms. The van der Waals surface area contributed by atoms with Gasteiger partial charge in [-0.25, -0.2) is 4.79 Å². The Morgan fingerprint density at radius 1 is 1.02 bits per heavy atom. The van der Waals surface area contributed by atoms with Crippen molar-refractivity contribution in [1.82, 2.24) is 20.6 Å². The van der Waals surface area contributed by atoms with E-state index in [1.807, 2.05) is 12.2 Å². The molecule has 4 aliphatic rings. The minimum atomic E-state index is -1.07. The van der Waals surface area contributed by atoms with Gasteiger partial charge in [0.25, 0.3) is 11.8 Å². The van der Waals surface area contributed by atoms with E-state index in [4.69, 9.17) is 9.57 Å². The number of hydrogen-bond donors (Lipinski definition) is 2. The zero-order valence-electron chi connectivity index (χ0n) is 25.6. The molecule has 0 bridgehead atoms. The van der Waals surface area contributed by atoms with E-state index in [9.17, 15) is 28.8 Å². The van der Waals surface area contributed by atoms with E-state index >= 15 is 0 Å². The summed E-state index contributed by atoms with van der Waals surface area (Å²) in [4.78, 5) is 86.6. The topological polar surface area (TPSA) is 151 Å². The summed E-state index contributed by atoms with van der Waals surface area (Å²) < 4.78 is 5.42. The first-order valence-electron chi connectivity index (χ1n) is 15.2. The standard InChI is InChI=1S/C32H40N4O8/c1-19(37)32-17-20(32)12-8-6-5-7-9-15-24(33-30(42)43-31(2,3)4)29(41)35-18-21(16-25(35)26(38)34-32)44-36-27(39)22-13-10-11-14-23(22)28(36)40/h8,10-14,20-21,24-25H,5-7,9,15-18H2,1-4H3,(H,33,42)(H,34,38)/b12-8-/t20-,21-,24+,25+,32+/m1/s1. The Kier molecular flexibility index (Phi) is 8.66. The maximum atomic E-state index is 14.1. The van der Waals surface area contributed by atoms with Gasteiger partial charge in [0.2, 0.25) is 11.8 Å². The van der Waals surface area contributed by atoms with Gasteiger partial charge in [0.05, 0.1) is 17.7 Å². The molecule has 12 nitrogen and oxygen atoms in total. The Morgan fingerprint density at radius 2 is 1.70 bits per heavy atom. The van der Waals surface area contributed by atoms with E-state index in [0.717, 1.165) is 19.3 Å². The highest BCUT2D eigenvalue weighted by Gasteiger charge is 2.59. The summed E-state index contributed by atoms with van der Waals surface area (Å²) in [7, 11) is 0. The largest absolute Gasteiger partial charge is 0.444 e. The summed E-state index contributed by atoms with van der Waals surface area (Å²) >= 11 is 0. The van der Waals surface area contributed by atoms with E-state index in [1.165, 1.54) is 24.0 Å². The Labute approximate surface area is 256 Å². The number of rotatable bonds is 4. The highest BCUT2D eigenvalue weighted by Crippen LogP contribution is 2.46. The number of carbonyl (C=O) groups is 6. The number of imide groups is 1. The number of carbonyl (C=O) groups excluding carboxylic acids is 6. The third-order valence-corrected chi connectivity index (χ3v) is 8.57. The fourth-order valence-electron chi connectivity index (χ4n) is 6.19. The maximum Gasteiger partial charge on any atom is 0.408 e. The van der Waals surface area contributed by atoms with E-state index in [2.05, 4.69) is 10.6 Å². The van der Waals surface area contributed by atoms with Gasteiger partial charge in [-0.05, 0) is 65.5 Å². The summed E-state index contributed by atoms with van der Waals surface area (Å²) in [5, 5.41) is 6.28. The van der Waals surface area contributed by atoms with Gasteiger partial charge in [0.15, 0.2) is 5.78 Å². The average Bonchev–Trinajstić information content (AvgIpc) is 3.39. The molecular weight excluding hydrogens is 568 g/mol. The van der Waals surface area contributed by atoms with Gasteiger partial charge in [-0.2, -0.15) is 0 Å². The van der Waals surface area contributed by atoms with Crippen LogP contribution in [0.3, 0.4) is 0 Å². The maximum absolute atomic E-state index is 14.1. The second-order valence-electron chi connectivity index (χ2n) is 13.0.